The SMILES string of the molecule is COC1CCOC2(CCN(CC(=O)O)CC2)C1. The lowest BCUT2D eigenvalue weighted by atomic mass is 9.83. The van der Waals surface area contributed by atoms with E-state index in [-0.39, 0.29) is 12.1 Å². The molecule has 2 fully saturated rings. The van der Waals surface area contributed by atoms with Crippen molar-refractivity contribution in [1.82, 2.24) is 4.90 Å². The molecule has 2 rings (SSSR count). The highest BCUT2D eigenvalue weighted by Crippen LogP contribution is 2.35. The standard InChI is InChI=1S/C12H21NO4/c1-16-10-2-7-17-12(8-10)3-5-13(6-4-12)9-11(14)15/h10H,2-9H2,1H3,(H,14,15). The van der Waals surface area contributed by atoms with Crippen molar-refractivity contribution < 1.29 is 19.4 Å². The van der Waals surface area contributed by atoms with Gasteiger partial charge in [-0.3, -0.25) is 9.69 Å². The van der Waals surface area contributed by atoms with Gasteiger partial charge in [-0.25, -0.2) is 0 Å². The topological polar surface area (TPSA) is 59.0 Å². The summed E-state index contributed by atoms with van der Waals surface area (Å²) in [5.41, 5.74) is -0.0616. The van der Waals surface area contributed by atoms with Crippen LogP contribution in [0, 0.1) is 0 Å². The number of carbonyl (C=O) groups is 1. The van der Waals surface area contributed by atoms with Gasteiger partial charge in [0.25, 0.3) is 0 Å². The predicted molar refractivity (Wildman–Crippen MR) is 62.0 cm³/mol. The summed E-state index contributed by atoms with van der Waals surface area (Å²) in [4.78, 5) is 12.6. The number of rotatable bonds is 3. The minimum absolute atomic E-state index is 0.0616. The van der Waals surface area contributed by atoms with Gasteiger partial charge in [0.05, 0.1) is 18.2 Å². The number of likely N-dealkylation sites (tertiary alicyclic amines) is 1. The summed E-state index contributed by atoms with van der Waals surface area (Å²) in [6.45, 7) is 2.52. The van der Waals surface area contributed by atoms with Crippen molar-refractivity contribution in [1.29, 1.82) is 0 Å². The van der Waals surface area contributed by atoms with Crippen molar-refractivity contribution in [3.05, 3.63) is 0 Å². The maximum Gasteiger partial charge on any atom is 0.317 e. The molecule has 5 heteroatoms. The van der Waals surface area contributed by atoms with Crippen LogP contribution in [0.4, 0.5) is 0 Å². The van der Waals surface area contributed by atoms with Gasteiger partial charge < -0.3 is 14.6 Å². The smallest absolute Gasteiger partial charge is 0.317 e. The van der Waals surface area contributed by atoms with Gasteiger partial charge in [-0.15, -0.1) is 0 Å². The van der Waals surface area contributed by atoms with Crippen molar-refractivity contribution in [2.24, 2.45) is 0 Å². The first-order chi connectivity index (χ1) is 8.13. The van der Waals surface area contributed by atoms with Crippen molar-refractivity contribution in [2.75, 3.05) is 33.4 Å². The summed E-state index contributed by atoms with van der Waals surface area (Å²) >= 11 is 0. The zero-order chi connectivity index (χ0) is 12.3. The van der Waals surface area contributed by atoms with Crippen LogP contribution in [0.1, 0.15) is 25.7 Å². The van der Waals surface area contributed by atoms with Crippen LogP contribution in [-0.2, 0) is 14.3 Å². The van der Waals surface area contributed by atoms with Crippen LogP contribution >= 0.6 is 0 Å². The van der Waals surface area contributed by atoms with E-state index < -0.39 is 5.97 Å². The number of aliphatic carboxylic acids is 1. The van der Waals surface area contributed by atoms with Crippen LogP contribution in [0.2, 0.25) is 0 Å². The Bertz CT molecular complexity index is 274. The van der Waals surface area contributed by atoms with E-state index in [2.05, 4.69) is 0 Å². The summed E-state index contributed by atoms with van der Waals surface area (Å²) < 4.78 is 11.4. The molecule has 98 valence electrons. The van der Waals surface area contributed by atoms with Gasteiger partial charge in [-0.05, 0) is 19.3 Å². The summed E-state index contributed by atoms with van der Waals surface area (Å²) in [5.74, 6) is -0.750. The van der Waals surface area contributed by atoms with E-state index in [1.807, 2.05) is 4.90 Å². The van der Waals surface area contributed by atoms with Crippen LogP contribution in [-0.4, -0.2) is 61.0 Å². The Morgan fingerprint density at radius 3 is 2.82 bits per heavy atom. The van der Waals surface area contributed by atoms with Crippen molar-refractivity contribution >= 4 is 5.97 Å². The van der Waals surface area contributed by atoms with Gasteiger partial charge in [0.2, 0.25) is 0 Å². The summed E-state index contributed by atoms with van der Waals surface area (Å²) in [5, 5.41) is 8.75. The highest BCUT2D eigenvalue weighted by atomic mass is 16.5. The zero-order valence-corrected chi connectivity index (χ0v) is 10.4. The monoisotopic (exact) mass is 243 g/mol. The van der Waals surface area contributed by atoms with Crippen LogP contribution in [0.3, 0.4) is 0 Å². The second-order valence-electron chi connectivity index (χ2n) is 5.05. The molecule has 0 saturated carbocycles. The van der Waals surface area contributed by atoms with E-state index in [4.69, 9.17) is 14.6 Å². The van der Waals surface area contributed by atoms with E-state index >= 15 is 0 Å². The third-order valence-corrected chi connectivity index (χ3v) is 3.91. The molecule has 0 aromatic heterocycles. The average Bonchev–Trinajstić information content (AvgIpc) is 2.32. The number of carboxylic acid groups (broad SMARTS) is 1. The maximum absolute atomic E-state index is 10.6. The Balaban J connectivity index is 1.86. The predicted octanol–water partition coefficient (Wildman–Crippen LogP) is 0.731. The summed E-state index contributed by atoms with van der Waals surface area (Å²) in [6, 6.07) is 0. The van der Waals surface area contributed by atoms with E-state index in [0.717, 1.165) is 45.4 Å². The molecule has 1 spiro atoms. The lowest BCUT2D eigenvalue weighted by Crippen LogP contribution is -2.51. The fourth-order valence-electron chi connectivity index (χ4n) is 2.84. The fourth-order valence-corrected chi connectivity index (χ4v) is 2.84. The lowest BCUT2D eigenvalue weighted by Gasteiger charge is -2.45. The van der Waals surface area contributed by atoms with E-state index in [1.54, 1.807) is 7.11 Å². The summed E-state index contributed by atoms with van der Waals surface area (Å²) in [6.07, 6.45) is 4.05. The Morgan fingerprint density at radius 2 is 2.24 bits per heavy atom. The number of ether oxygens (including phenoxy) is 2. The molecule has 5 nitrogen and oxygen atoms in total. The number of nitrogens with zero attached hydrogens (tertiary/aromatic N) is 1. The van der Waals surface area contributed by atoms with Gasteiger partial charge in [0.15, 0.2) is 0 Å². The second kappa shape index (κ2) is 5.33. The normalized spacial score (nSPS) is 29.4. The minimum Gasteiger partial charge on any atom is -0.480 e. The van der Waals surface area contributed by atoms with Crippen LogP contribution < -0.4 is 0 Å². The Kier molecular flexibility index (Phi) is 4.01. The van der Waals surface area contributed by atoms with E-state index in [9.17, 15) is 4.79 Å². The summed E-state index contributed by atoms with van der Waals surface area (Å²) in [7, 11) is 1.75. The van der Waals surface area contributed by atoms with Crippen LogP contribution in [0.5, 0.6) is 0 Å². The van der Waals surface area contributed by atoms with E-state index in [0.29, 0.717) is 6.10 Å². The average molecular weight is 243 g/mol. The van der Waals surface area contributed by atoms with Crippen molar-refractivity contribution in [3.63, 3.8) is 0 Å². The molecule has 17 heavy (non-hydrogen) atoms. The highest BCUT2D eigenvalue weighted by Gasteiger charge is 2.40. The first-order valence-electron chi connectivity index (χ1n) is 6.24. The molecule has 0 radical (unpaired) electrons. The Morgan fingerprint density at radius 1 is 1.53 bits per heavy atom. The van der Waals surface area contributed by atoms with Gasteiger partial charge in [0.1, 0.15) is 0 Å². The second-order valence-corrected chi connectivity index (χ2v) is 5.05. The molecule has 1 N–H and O–H groups in total. The molecule has 1 unspecified atom stereocenters. The number of carboxylic acids is 1. The molecular formula is C12H21NO4. The number of piperidine rings is 1. The lowest BCUT2D eigenvalue weighted by molar-refractivity contribution is -0.154. The molecule has 0 aliphatic carbocycles. The first-order valence-corrected chi connectivity index (χ1v) is 6.24. The van der Waals surface area contributed by atoms with Crippen molar-refractivity contribution in [2.45, 2.75) is 37.4 Å². The van der Waals surface area contributed by atoms with Gasteiger partial charge in [-0.1, -0.05) is 0 Å². The number of methoxy groups -OCH3 is 1. The molecule has 2 saturated heterocycles. The molecule has 2 heterocycles. The third-order valence-electron chi connectivity index (χ3n) is 3.91. The van der Waals surface area contributed by atoms with Gasteiger partial charge >= 0.3 is 5.97 Å². The Labute approximate surface area is 102 Å². The van der Waals surface area contributed by atoms with Gasteiger partial charge in [0, 0.05) is 33.2 Å². The molecule has 0 bridgehead atoms. The van der Waals surface area contributed by atoms with Crippen LogP contribution in [0.25, 0.3) is 0 Å². The maximum atomic E-state index is 10.6. The highest BCUT2D eigenvalue weighted by molar-refractivity contribution is 5.69. The van der Waals surface area contributed by atoms with Crippen LogP contribution in [0.15, 0.2) is 0 Å². The van der Waals surface area contributed by atoms with Gasteiger partial charge in [-0.2, -0.15) is 0 Å². The molecule has 0 amide bonds. The molecular weight excluding hydrogens is 222 g/mol. The molecule has 2 aliphatic rings. The number of hydrogen-bond acceptors (Lipinski definition) is 4. The molecule has 0 aromatic rings. The third kappa shape index (κ3) is 3.18. The fraction of sp³-hybridized carbons (Fsp3) is 0.917. The molecule has 0 aromatic carbocycles. The quantitative estimate of drug-likeness (QED) is 0.792. The molecule has 1 atom stereocenters. The number of hydrogen-bond donors (Lipinski definition) is 1. The Hall–Kier alpha value is -0.650. The van der Waals surface area contributed by atoms with Crippen molar-refractivity contribution in [3.8, 4) is 0 Å². The zero-order valence-electron chi connectivity index (χ0n) is 10.4. The van der Waals surface area contributed by atoms with E-state index in [1.165, 1.54) is 0 Å². The molecule has 2 aliphatic heterocycles. The minimum atomic E-state index is -0.750. The largest absolute Gasteiger partial charge is 0.480 e. The first kappa shape index (κ1) is 12.8.